The number of aliphatic hydroxyl groups excluding tert-OH is 2. The van der Waals surface area contributed by atoms with E-state index >= 15 is 0 Å². The van der Waals surface area contributed by atoms with Crippen LogP contribution in [0, 0.1) is 0 Å². The van der Waals surface area contributed by atoms with Crippen molar-refractivity contribution in [2.75, 3.05) is 52.5 Å². The van der Waals surface area contributed by atoms with Gasteiger partial charge in [0.15, 0.2) is 0 Å². The van der Waals surface area contributed by atoms with Gasteiger partial charge in [-0.15, -0.1) is 6.58 Å². The smallest absolute Gasteiger partial charge is 0.114 e. The van der Waals surface area contributed by atoms with Crippen molar-refractivity contribution in [2.24, 2.45) is 0 Å². The van der Waals surface area contributed by atoms with E-state index in [4.69, 9.17) is 9.47 Å². The molecule has 0 saturated carbocycles. The Balaban J connectivity index is 4.25. The number of hydrogen-bond donors (Lipinski definition) is 2. The molecule has 0 heterocycles. The summed E-state index contributed by atoms with van der Waals surface area (Å²) in [6.07, 6.45) is 6.73. The minimum atomic E-state index is -0.520. The first-order valence-electron chi connectivity index (χ1n) is 10.8. The second-order valence-electron chi connectivity index (χ2n) is 7.15. The molecule has 0 aromatic heterocycles. The van der Waals surface area contributed by atoms with Gasteiger partial charge in [0.2, 0.25) is 0 Å². The largest absolute Gasteiger partial charge is 0.499 e. The molecular weight excluding hydrogens is 356 g/mol. The molecule has 6 heteroatoms. The molecule has 0 rings (SSSR count). The predicted octanol–water partition coefficient (Wildman–Crippen LogP) is 2.66. The van der Waals surface area contributed by atoms with Gasteiger partial charge >= 0.3 is 0 Å². The minimum absolute atomic E-state index is 0.197. The van der Waals surface area contributed by atoms with Crippen LogP contribution in [-0.2, 0) is 9.47 Å². The average Bonchev–Trinajstić information content (AvgIpc) is 2.68. The Morgan fingerprint density at radius 3 is 1.89 bits per heavy atom. The first-order valence-corrected chi connectivity index (χ1v) is 10.8. The van der Waals surface area contributed by atoms with Gasteiger partial charge in [-0.3, -0.25) is 0 Å². The highest BCUT2D eigenvalue weighted by molar-refractivity contribution is 4.90. The Morgan fingerprint density at radius 2 is 1.43 bits per heavy atom. The lowest BCUT2D eigenvalue weighted by Crippen LogP contribution is -2.36. The van der Waals surface area contributed by atoms with Crippen LogP contribution in [-0.4, -0.2) is 90.8 Å². The SMILES string of the molecule is C=CCC(/C=C/OCC(O)CN(CC)CCC)OCC(O)CN(CC)CCC. The van der Waals surface area contributed by atoms with Crippen molar-refractivity contribution in [3.63, 3.8) is 0 Å². The molecule has 2 N–H and O–H groups in total. The maximum atomic E-state index is 10.2. The van der Waals surface area contributed by atoms with E-state index in [1.807, 2.05) is 6.08 Å². The molecule has 166 valence electrons. The Bertz CT molecular complexity index is 393. The van der Waals surface area contributed by atoms with Crippen LogP contribution in [0.25, 0.3) is 0 Å². The van der Waals surface area contributed by atoms with Crippen LogP contribution in [0.1, 0.15) is 47.0 Å². The lowest BCUT2D eigenvalue weighted by Gasteiger charge is -2.24. The molecule has 0 radical (unpaired) electrons. The molecule has 0 aliphatic carbocycles. The van der Waals surface area contributed by atoms with Crippen LogP contribution in [0.5, 0.6) is 0 Å². The average molecular weight is 401 g/mol. The molecule has 3 unspecified atom stereocenters. The third-order valence-corrected chi connectivity index (χ3v) is 4.49. The maximum Gasteiger partial charge on any atom is 0.114 e. The highest BCUT2D eigenvalue weighted by Gasteiger charge is 2.13. The van der Waals surface area contributed by atoms with Crippen molar-refractivity contribution >= 4 is 0 Å². The van der Waals surface area contributed by atoms with Gasteiger partial charge < -0.3 is 29.5 Å². The monoisotopic (exact) mass is 400 g/mol. The summed E-state index contributed by atoms with van der Waals surface area (Å²) in [5.41, 5.74) is 0. The Kier molecular flexibility index (Phi) is 17.5. The number of likely N-dealkylation sites (N-methyl/N-ethyl adjacent to an activating group) is 2. The standard InChI is InChI=1S/C22H44N2O4/c1-6-11-22(28-19-21(26)17-24(10-5)14-8-3)12-15-27-18-20(25)16-23(9-4)13-7-2/h6,12,15,20-22,25-26H,1,7-11,13-14,16-19H2,2-5H3/b15-12+. The van der Waals surface area contributed by atoms with Gasteiger partial charge in [0.1, 0.15) is 12.7 Å². The fourth-order valence-electron chi connectivity index (χ4n) is 3.00. The van der Waals surface area contributed by atoms with E-state index in [0.29, 0.717) is 19.5 Å². The maximum absolute atomic E-state index is 10.2. The summed E-state index contributed by atoms with van der Waals surface area (Å²) in [6.45, 7) is 17.8. The van der Waals surface area contributed by atoms with Gasteiger partial charge in [-0.2, -0.15) is 0 Å². The molecule has 6 nitrogen and oxygen atoms in total. The van der Waals surface area contributed by atoms with Gasteiger partial charge in [-0.1, -0.05) is 33.8 Å². The van der Waals surface area contributed by atoms with Crippen LogP contribution in [0.15, 0.2) is 25.0 Å². The van der Waals surface area contributed by atoms with Gasteiger partial charge in [-0.25, -0.2) is 0 Å². The number of aliphatic hydroxyl groups is 2. The quantitative estimate of drug-likeness (QED) is 0.257. The molecule has 0 saturated heterocycles. The summed E-state index contributed by atoms with van der Waals surface area (Å²) in [7, 11) is 0. The highest BCUT2D eigenvalue weighted by Crippen LogP contribution is 2.05. The molecule has 0 aromatic carbocycles. The first kappa shape index (κ1) is 27.1. The Morgan fingerprint density at radius 1 is 0.893 bits per heavy atom. The van der Waals surface area contributed by atoms with Crippen molar-refractivity contribution in [1.82, 2.24) is 9.80 Å². The third kappa shape index (κ3) is 14.1. The van der Waals surface area contributed by atoms with E-state index in [9.17, 15) is 10.2 Å². The zero-order valence-corrected chi connectivity index (χ0v) is 18.6. The lowest BCUT2D eigenvalue weighted by atomic mass is 10.2. The van der Waals surface area contributed by atoms with E-state index in [1.165, 1.54) is 0 Å². The van der Waals surface area contributed by atoms with E-state index < -0.39 is 12.2 Å². The van der Waals surface area contributed by atoms with E-state index in [0.717, 1.165) is 39.0 Å². The second kappa shape index (κ2) is 18.1. The number of hydrogen-bond acceptors (Lipinski definition) is 6. The minimum Gasteiger partial charge on any atom is -0.499 e. The Labute approximate surface area is 172 Å². The van der Waals surface area contributed by atoms with Crippen molar-refractivity contribution in [3.05, 3.63) is 25.0 Å². The number of nitrogens with zero attached hydrogens (tertiary/aromatic N) is 2. The summed E-state index contributed by atoms with van der Waals surface area (Å²) in [5, 5.41) is 20.3. The van der Waals surface area contributed by atoms with E-state index in [-0.39, 0.29) is 19.3 Å². The fourth-order valence-corrected chi connectivity index (χ4v) is 3.00. The van der Waals surface area contributed by atoms with E-state index in [2.05, 4.69) is 44.1 Å². The number of ether oxygens (including phenoxy) is 2. The van der Waals surface area contributed by atoms with Crippen LogP contribution < -0.4 is 0 Å². The molecular formula is C22H44N2O4. The summed E-state index contributed by atoms with van der Waals surface area (Å²) in [6, 6.07) is 0. The predicted molar refractivity (Wildman–Crippen MR) is 116 cm³/mol. The molecule has 0 fully saturated rings. The molecule has 0 aliphatic rings. The third-order valence-electron chi connectivity index (χ3n) is 4.49. The molecule has 0 amide bonds. The lowest BCUT2D eigenvalue weighted by molar-refractivity contribution is -0.00490. The van der Waals surface area contributed by atoms with Gasteiger partial charge in [0.25, 0.3) is 0 Å². The molecule has 0 aromatic rings. The van der Waals surface area contributed by atoms with Crippen molar-refractivity contribution in [2.45, 2.75) is 65.3 Å². The van der Waals surface area contributed by atoms with Crippen LogP contribution in [0.2, 0.25) is 0 Å². The molecule has 28 heavy (non-hydrogen) atoms. The fraction of sp³-hybridized carbons (Fsp3) is 0.818. The molecule has 0 bridgehead atoms. The van der Waals surface area contributed by atoms with E-state index in [1.54, 1.807) is 12.3 Å². The molecule has 3 atom stereocenters. The van der Waals surface area contributed by atoms with Crippen molar-refractivity contribution in [1.29, 1.82) is 0 Å². The zero-order chi connectivity index (χ0) is 21.2. The van der Waals surface area contributed by atoms with Crippen LogP contribution in [0.3, 0.4) is 0 Å². The normalized spacial score (nSPS) is 15.3. The summed E-state index contributed by atoms with van der Waals surface area (Å²) in [4.78, 5) is 4.43. The second-order valence-corrected chi connectivity index (χ2v) is 7.15. The van der Waals surface area contributed by atoms with Crippen molar-refractivity contribution in [3.8, 4) is 0 Å². The summed E-state index contributed by atoms with van der Waals surface area (Å²) in [5.74, 6) is 0. The van der Waals surface area contributed by atoms with Crippen molar-refractivity contribution < 1.29 is 19.7 Å². The first-order chi connectivity index (χ1) is 13.5. The van der Waals surface area contributed by atoms with Crippen LogP contribution >= 0.6 is 0 Å². The topological polar surface area (TPSA) is 65.4 Å². The molecule has 0 aliphatic heterocycles. The number of rotatable bonds is 19. The Hall–Kier alpha value is -0.920. The van der Waals surface area contributed by atoms with Gasteiger partial charge in [0, 0.05) is 13.1 Å². The zero-order valence-electron chi connectivity index (χ0n) is 18.6. The van der Waals surface area contributed by atoms with Gasteiger partial charge in [0.05, 0.1) is 25.1 Å². The summed E-state index contributed by atoms with van der Waals surface area (Å²) < 4.78 is 11.3. The highest BCUT2D eigenvalue weighted by atomic mass is 16.5. The molecule has 0 spiro atoms. The summed E-state index contributed by atoms with van der Waals surface area (Å²) >= 11 is 0. The van der Waals surface area contributed by atoms with Crippen LogP contribution in [0.4, 0.5) is 0 Å². The van der Waals surface area contributed by atoms with Gasteiger partial charge in [-0.05, 0) is 51.5 Å².